The number of nitrogens with zero attached hydrogens (tertiary/aromatic N) is 5. The van der Waals surface area contributed by atoms with E-state index in [1.807, 2.05) is 36.4 Å². The van der Waals surface area contributed by atoms with E-state index in [0.29, 0.717) is 17.6 Å². The summed E-state index contributed by atoms with van der Waals surface area (Å²) in [7, 11) is 0. The molecule has 0 spiro atoms. The maximum Gasteiger partial charge on any atom is 0.238 e. The minimum atomic E-state index is 0.547. The minimum Gasteiger partial charge on any atom is -0.310 e. The Balaban J connectivity index is 1.06. The molecule has 0 bridgehead atoms. The van der Waals surface area contributed by atoms with E-state index in [1.165, 1.54) is 11.1 Å². The summed E-state index contributed by atoms with van der Waals surface area (Å²) < 4.78 is 2.21. The van der Waals surface area contributed by atoms with Crippen LogP contribution in [0.2, 0.25) is 0 Å². The molecule has 2 heterocycles. The molecule has 0 radical (unpaired) electrons. The molecule has 11 aromatic carbocycles. The third-order valence-electron chi connectivity index (χ3n) is 14.0. The van der Waals surface area contributed by atoms with Crippen LogP contribution in [0.1, 0.15) is 16.7 Å². The second kappa shape index (κ2) is 20.3. The number of benzene rings is 11. The first kappa shape index (κ1) is 45.6. The first-order valence-corrected chi connectivity index (χ1v) is 25.7. The van der Waals surface area contributed by atoms with Crippen molar-refractivity contribution in [1.82, 2.24) is 19.5 Å². The van der Waals surface area contributed by atoms with Gasteiger partial charge < -0.3 is 4.90 Å². The summed E-state index contributed by atoms with van der Waals surface area (Å²) in [5, 5.41) is 2.22. The molecule has 5 nitrogen and oxygen atoms in total. The van der Waals surface area contributed by atoms with Gasteiger partial charge in [-0.15, -0.1) is 0 Å². The first-order valence-electron chi connectivity index (χ1n) is 25.7. The second-order valence-corrected chi connectivity index (χ2v) is 18.9. The average molecular weight is 972 g/mol. The van der Waals surface area contributed by atoms with Gasteiger partial charge in [-0.3, -0.25) is 4.57 Å². The van der Waals surface area contributed by atoms with Crippen LogP contribution in [-0.2, 0) is 0 Å². The van der Waals surface area contributed by atoms with E-state index < -0.39 is 0 Å². The first-order chi connectivity index (χ1) is 37.7. The van der Waals surface area contributed by atoms with Crippen LogP contribution in [0.3, 0.4) is 0 Å². The number of rotatable bonds is 12. The van der Waals surface area contributed by atoms with Crippen LogP contribution in [-0.4, -0.2) is 19.5 Å². The van der Waals surface area contributed by atoms with Crippen LogP contribution < -0.4 is 4.90 Å². The highest BCUT2D eigenvalue weighted by molar-refractivity contribution is 6.10. The zero-order chi connectivity index (χ0) is 50.6. The van der Waals surface area contributed by atoms with E-state index in [1.54, 1.807) is 0 Å². The monoisotopic (exact) mass is 971 g/mol. The van der Waals surface area contributed by atoms with Crippen molar-refractivity contribution in [3.8, 4) is 62.1 Å². The van der Waals surface area contributed by atoms with Crippen LogP contribution in [0.4, 0.5) is 17.1 Å². The molecule has 13 rings (SSSR count). The van der Waals surface area contributed by atoms with Gasteiger partial charge >= 0.3 is 0 Å². The molecule has 0 fully saturated rings. The molecule has 0 unspecified atom stereocenters. The molecule has 0 N–H and O–H groups in total. The van der Waals surface area contributed by atoms with Gasteiger partial charge in [-0.2, -0.15) is 9.97 Å². The van der Waals surface area contributed by atoms with Gasteiger partial charge in [-0.1, -0.05) is 231 Å². The Hall–Kier alpha value is -10.2. The molecule has 0 aliphatic carbocycles. The summed E-state index contributed by atoms with van der Waals surface area (Å²) in [4.78, 5) is 18.0. The molecule has 5 heteroatoms. The van der Waals surface area contributed by atoms with E-state index in [9.17, 15) is 0 Å². The van der Waals surface area contributed by atoms with Gasteiger partial charge in [-0.05, 0) is 122 Å². The quantitative estimate of drug-likeness (QED) is 0.114. The molecule has 2 aromatic heterocycles. The fourth-order valence-corrected chi connectivity index (χ4v) is 10.4. The standard InChI is InChI=1S/C71H49N5/c1-7-24-51(25-8-1)56-34-21-23-50(43-56)44-66(53-28-11-3-12-29-53)60-45-59(47-63(48-60)75(61-36-17-6-18-37-61)62-38-22-35-57(46-62)52-26-9-2-10-27-52)58-41-42-65-64-39-19-20-40-67(64)76(68(65)49-58)71-73-69(54-30-13-4-14-31-54)72-70(74-71)55-32-15-5-16-33-55/h1-49H/b66-44-. The molecule has 0 atom stereocenters. The lowest BCUT2D eigenvalue weighted by Crippen LogP contribution is -2.10. The van der Waals surface area contributed by atoms with E-state index in [-0.39, 0.29) is 0 Å². The van der Waals surface area contributed by atoms with Gasteiger partial charge in [0.25, 0.3) is 0 Å². The van der Waals surface area contributed by atoms with Gasteiger partial charge in [0, 0.05) is 39.0 Å². The minimum absolute atomic E-state index is 0.547. The van der Waals surface area contributed by atoms with E-state index >= 15 is 0 Å². The Morgan fingerprint density at radius 1 is 0.303 bits per heavy atom. The molecule has 0 aliphatic heterocycles. The summed E-state index contributed by atoms with van der Waals surface area (Å²) in [6.07, 6.45) is 2.34. The molecule has 0 saturated heterocycles. The second-order valence-electron chi connectivity index (χ2n) is 18.9. The highest BCUT2D eigenvalue weighted by atomic mass is 15.2. The fraction of sp³-hybridized carbons (Fsp3) is 0. The summed E-state index contributed by atoms with van der Waals surface area (Å²) in [6, 6.07) is 103. The summed E-state index contributed by atoms with van der Waals surface area (Å²) in [5.74, 6) is 1.76. The van der Waals surface area contributed by atoms with Crippen LogP contribution >= 0.6 is 0 Å². The smallest absolute Gasteiger partial charge is 0.238 e. The van der Waals surface area contributed by atoms with Crippen LogP contribution in [0.5, 0.6) is 0 Å². The van der Waals surface area contributed by atoms with Crippen LogP contribution in [0.15, 0.2) is 291 Å². The van der Waals surface area contributed by atoms with Crippen molar-refractivity contribution in [3.05, 3.63) is 308 Å². The van der Waals surface area contributed by atoms with Crippen molar-refractivity contribution >= 4 is 50.5 Å². The Bertz CT molecular complexity index is 4140. The maximum atomic E-state index is 5.27. The Morgan fingerprint density at radius 2 is 0.789 bits per heavy atom. The number of fused-ring (bicyclic) bond motifs is 3. The van der Waals surface area contributed by atoms with Gasteiger partial charge in [-0.25, -0.2) is 4.98 Å². The molecule has 0 amide bonds. The lowest BCUT2D eigenvalue weighted by atomic mass is 9.91. The van der Waals surface area contributed by atoms with Crippen molar-refractivity contribution in [1.29, 1.82) is 0 Å². The highest BCUT2D eigenvalue weighted by Crippen LogP contribution is 2.43. The van der Waals surface area contributed by atoms with Gasteiger partial charge in [0.05, 0.1) is 11.0 Å². The topological polar surface area (TPSA) is 46.8 Å². The van der Waals surface area contributed by atoms with E-state index in [2.05, 4.69) is 270 Å². The maximum absolute atomic E-state index is 5.27. The van der Waals surface area contributed by atoms with Gasteiger partial charge in [0.2, 0.25) is 5.95 Å². The Morgan fingerprint density at radius 3 is 1.43 bits per heavy atom. The molecular weight excluding hydrogens is 923 g/mol. The predicted octanol–water partition coefficient (Wildman–Crippen LogP) is 18.4. The van der Waals surface area contributed by atoms with Crippen molar-refractivity contribution in [2.45, 2.75) is 0 Å². The molecule has 13 aromatic rings. The molecule has 358 valence electrons. The number of hydrogen-bond donors (Lipinski definition) is 0. The molecule has 76 heavy (non-hydrogen) atoms. The summed E-state index contributed by atoms with van der Waals surface area (Å²) >= 11 is 0. The lowest BCUT2D eigenvalue weighted by Gasteiger charge is -2.27. The summed E-state index contributed by atoms with van der Waals surface area (Å²) in [6.45, 7) is 0. The SMILES string of the molecule is C(=C(\c1ccccc1)c1cc(-c2ccc3c4ccccc4n(-c4nc(-c5ccccc5)nc(-c5ccccc5)n4)c3c2)cc(N(c2ccccc2)c2cccc(-c3ccccc3)c2)c1)/c1cccc(-c2ccccc2)c1. The molecule has 0 saturated carbocycles. The number of anilines is 3. The Labute approximate surface area is 442 Å². The van der Waals surface area contributed by atoms with E-state index in [0.717, 1.165) is 94.5 Å². The number of hydrogen-bond acceptors (Lipinski definition) is 4. The third-order valence-corrected chi connectivity index (χ3v) is 14.0. The zero-order valence-electron chi connectivity index (χ0n) is 41.5. The van der Waals surface area contributed by atoms with Crippen molar-refractivity contribution < 1.29 is 0 Å². The van der Waals surface area contributed by atoms with Crippen LogP contribution in [0, 0.1) is 0 Å². The van der Waals surface area contributed by atoms with Crippen molar-refractivity contribution in [2.75, 3.05) is 4.90 Å². The lowest BCUT2D eigenvalue weighted by molar-refractivity contribution is 0.953. The van der Waals surface area contributed by atoms with Gasteiger partial charge in [0.15, 0.2) is 11.6 Å². The number of para-hydroxylation sites is 2. The van der Waals surface area contributed by atoms with Crippen molar-refractivity contribution in [3.63, 3.8) is 0 Å². The average Bonchev–Trinajstić information content (AvgIpc) is 3.84. The molecular formula is C71H49N5. The normalized spacial score (nSPS) is 11.5. The van der Waals surface area contributed by atoms with Gasteiger partial charge in [0.1, 0.15) is 0 Å². The summed E-state index contributed by atoms with van der Waals surface area (Å²) in [5.41, 5.74) is 18.1. The predicted molar refractivity (Wildman–Crippen MR) is 316 cm³/mol. The third kappa shape index (κ3) is 9.14. The van der Waals surface area contributed by atoms with E-state index in [4.69, 9.17) is 15.0 Å². The highest BCUT2D eigenvalue weighted by Gasteiger charge is 2.21. The number of aromatic nitrogens is 4. The Kier molecular flexibility index (Phi) is 12.2. The fourth-order valence-electron chi connectivity index (χ4n) is 10.4. The largest absolute Gasteiger partial charge is 0.310 e. The van der Waals surface area contributed by atoms with Crippen LogP contribution in [0.25, 0.3) is 95.6 Å². The molecule has 0 aliphatic rings. The van der Waals surface area contributed by atoms with Crippen molar-refractivity contribution in [2.24, 2.45) is 0 Å². The zero-order valence-corrected chi connectivity index (χ0v) is 41.5.